The molecule has 3 rings (SSSR count). The van der Waals surface area contributed by atoms with Gasteiger partial charge in [0.25, 0.3) is 0 Å². The SMILES string of the molecule is COC(=O)CCC(O)=C1C(=O)CCCC1=Nc1cccc2ccccc12. The van der Waals surface area contributed by atoms with Gasteiger partial charge in [-0.3, -0.25) is 14.6 Å². The van der Waals surface area contributed by atoms with E-state index in [4.69, 9.17) is 4.99 Å². The Kier molecular flexibility index (Phi) is 5.46. The Morgan fingerprint density at radius 2 is 1.88 bits per heavy atom. The fraction of sp³-hybridized carbons (Fsp3) is 0.286. The predicted octanol–water partition coefficient (Wildman–Crippen LogP) is 4.43. The zero-order chi connectivity index (χ0) is 18.5. The van der Waals surface area contributed by atoms with Crippen LogP contribution in [0.4, 0.5) is 5.69 Å². The zero-order valence-corrected chi connectivity index (χ0v) is 14.7. The van der Waals surface area contributed by atoms with Crippen molar-refractivity contribution in [2.24, 2.45) is 4.99 Å². The van der Waals surface area contributed by atoms with Crippen LogP contribution < -0.4 is 0 Å². The molecule has 0 atom stereocenters. The summed E-state index contributed by atoms with van der Waals surface area (Å²) in [7, 11) is 1.30. The number of nitrogens with zero attached hydrogens (tertiary/aromatic N) is 1. The van der Waals surface area contributed by atoms with Gasteiger partial charge in [-0.25, -0.2) is 0 Å². The number of hydrogen-bond acceptors (Lipinski definition) is 5. The van der Waals surface area contributed by atoms with E-state index in [1.54, 1.807) is 0 Å². The Morgan fingerprint density at radius 3 is 2.69 bits per heavy atom. The summed E-state index contributed by atoms with van der Waals surface area (Å²) in [4.78, 5) is 28.4. The monoisotopic (exact) mass is 351 g/mol. The maximum Gasteiger partial charge on any atom is 0.305 e. The van der Waals surface area contributed by atoms with Gasteiger partial charge in [0.1, 0.15) is 5.76 Å². The van der Waals surface area contributed by atoms with Crippen molar-refractivity contribution in [3.63, 3.8) is 0 Å². The molecule has 26 heavy (non-hydrogen) atoms. The molecule has 5 heteroatoms. The zero-order valence-electron chi connectivity index (χ0n) is 14.7. The van der Waals surface area contributed by atoms with Gasteiger partial charge in [0.05, 0.1) is 30.5 Å². The third kappa shape index (κ3) is 3.82. The van der Waals surface area contributed by atoms with Crippen LogP contribution in [0.25, 0.3) is 10.8 Å². The Labute approximate surface area is 152 Å². The highest BCUT2D eigenvalue weighted by Crippen LogP contribution is 2.30. The quantitative estimate of drug-likeness (QED) is 0.502. The molecule has 0 aliphatic heterocycles. The summed E-state index contributed by atoms with van der Waals surface area (Å²) in [6, 6.07) is 13.7. The minimum atomic E-state index is -0.423. The Morgan fingerprint density at radius 1 is 1.12 bits per heavy atom. The van der Waals surface area contributed by atoms with E-state index in [0.717, 1.165) is 16.5 Å². The molecule has 2 aromatic carbocycles. The molecular weight excluding hydrogens is 330 g/mol. The van der Waals surface area contributed by atoms with Crippen molar-refractivity contribution < 1.29 is 19.4 Å². The molecule has 1 N–H and O–H groups in total. The van der Waals surface area contributed by atoms with Gasteiger partial charge in [-0.05, 0) is 24.3 Å². The van der Waals surface area contributed by atoms with E-state index in [-0.39, 0.29) is 30.0 Å². The number of ether oxygens (including phenoxy) is 1. The number of carbonyl (C=O) groups excluding carboxylic acids is 2. The largest absolute Gasteiger partial charge is 0.511 e. The Balaban J connectivity index is 2.01. The molecule has 0 radical (unpaired) electrons. The van der Waals surface area contributed by atoms with Gasteiger partial charge in [-0.1, -0.05) is 36.4 Å². The average molecular weight is 351 g/mol. The van der Waals surface area contributed by atoms with Crippen molar-refractivity contribution >= 4 is 33.9 Å². The van der Waals surface area contributed by atoms with E-state index in [9.17, 15) is 14.7 Å². The molecule has 0 saturated heterocycles. The van der Waals surface area contributed by atoms with E-state index < -0.39 is 5.97 Å². The standard InChI is InChI=1S/C21H21NO4/c1-26-20(25)13-12-19(24)21-17(10-5-11-18(21)23)22-16-9-4-7-14-6-2-3-8-15(14)16/h2-4,6-9,24H,5,10-13H2,1H3. The lowest BCUT2D eigenvalue weighted by atomic mass is 9.89. The van der Waals surface area contributed by atoms with E-state index in [0.29, 0.717) is 25.0 Å². The molecule has 0 unspecified atom stereocenters. The molecular formula is C21H21NO4. The van der Waals surface area contributed by atoms with Crippen molar-refractivity contribution in [2.45, 2.75) is 32.1 Å². The van der Waals surface area contributed by atoms with Crippen LogP contribution in [0.2, 0.25) is 0 Å². The second kappa shape index (κ2) is 7.95. The van der Waals surface area contributed by atoms with Gasteiger partial charge in [-0.15, -0.1) is 0 Å². The van der Waals surface area contributed by atoms with Crippen LogP contribution >= 0.6 is 0 Å². The van der Waals surface area contributed by atoms with Gasteiger partial charge in [0.2, 0.25) is 0 Å². The summed E-state index contributed by atoms with van der Waals surface area (Å²) in [6.07, 6.45) is 1.80. The first-order valence-electron chi connectivity index (χ1n) is 8.68. The van der Waals surface area contributed by atoms with E-state index in [1.807, 2.05) is 42.5 Å². The van der Waals surface area contributed by atoms with Gasteiger partial charge in [0.15, 0.2) is 5.78 Å². The number of aliphatic imine (C=N–C) groups is 1. The number of rotatable bonds is 4. The highest BCUT2D eigenvalue weighted by atomic mass is 16.5. The number of fused-ring (bicyclic) bond motifs is 1. The molecule has 1 fully saturated rings. The molecule has 0 aromatic heterocycles. The minimum absolute atomic E-state index is 0.0284. The van der Waals surface area contributed by atoms with Crippen LogP contribution in [0.3, 0.4) is 0 Å². The third-order valence-electron chi connectivity index (χ3n) is 4.49. The van der Waals surface area contributed by atoms with E-state index in [2.05, 4.69) is 4.74 Å². The van der Waals surface area contributed by atoms with Crippen molar-refractivity contribution in [2.75, 3.05) is 7.11 Å². The van der Waals surface area contributed by atoms with Crippen LogP contribution in [-0.4, -0.2) is 29.7 Å². The highest BCUT2D eigenvalue weighted by Gasteiger charge is 2.26. The number of Topliss-reactive ketones (excluding diaryl/α,β-unsaturated/α-hetero) is 1. The molecule has 2 aromatic rings. The van der Waals surface area contributed by atoms with Gasteiger partial charge in [0, 0.05) is 18.2 Å². The number of aliphatic hydroxyl groups excluding tert-OH is 1. The number of ketones is 1. The summed E-state index contributed by atoms with van der Waals surface area (Å²) in [5.41, 5.74) is 1.61. The second-order valence-electron chi connectivity index (χ2n) is 6.23. The molecule has 134 valence electrons. The molecule has 0 bridgehead atoms. The van der Waals surface area contributed by atoms with Gasteiger partial charge in [-0.2, -0.15) is 0 Å². The van der Waals surface area contributed by atoms with Crippen LogP contribution in [0.15, 0.2) is 58.8 Å². The van der Waals surface area contributed by atoms with Crippen molar-refractivity contribution in [3.8, 4) is 0 Å². The normalized spacial score (nSPS) is 18.2. The fourth-order valence-electron chi connectivity index (χ4n) is 3.17. The van der Waals surface area contributed by atoms with Crippen LogP contribution in [0.5, 0.6) is 0 Å². The lowest BCUT2D eigenvalue weighted by Crippen LogP contribution is -2.21. The number of hydrogen-bond donors (Lipinski definition) is 1. The van der Waals surface area contributed by atoms with Crippen molar-refractivity contribution in [1.82, 2.24) is 0 Å². The number of methoxy groups -OCH3 is 1. The number of benzene rings is 2. The first kappa shape index (κ1) is 17.9. The molecule has 0 spiro atoms. The first-order chi connectivity index (χ1) is 12.6. The number of esters is 1. The number of allylic oxidation sites excluding steroid dienone is 2. The Hall–Kier alpha value is -2.95. The lowest BCUT2D eigenvalue weighted by molar-refractivity contribution is -0.140. The number of carbonyl (C=O) groups is 2. The molecule has 1 aliphatic carbocycles. The average Bonchev–Trinajstić information content (AvgIpc) is 2.66. The lowest BCUT2D eigenvalue weighted by Gasteiger charge is -2.18. The van der Waals surface area contributed by atoms with Crippen molar-refractivity contribution in [1.29, 1.82) is 0 Å². The molecule has 1 aliphatic rings. The number of aliphatic hydroxyl groups is 1. The highest BCUT2D eigenvalue weighted by molar-refractivity contribution is 6.25. The first-order valence-corrected chi connectivity index (χ1v) is 8.68. The molecule has 5 nitrogen and oxygen atoms in total. The smallest absolute Gasteiger partial charge is 0.305 e. The van der Waals surface area contributed by atoms with E-state index in [1.165, 1.54) is 7.11 Å². The second-order valence-corrected chi connectivity index (χ2v) is 6.23. The minimum Gasteiger partial charge on any atom is -0.511 e. The predicted molar refractivity (Wildman–Crippen MR) is 101 cm³/mol. The summed E-state index contributed by atoms with van der Waals surface area (Å²) < 4.78 is 4.60. The van der Waals surface area contributed by atoms with E-state index >= 15 is 0 Å². The maximum atomic E-state index is 12.4. The third-order valence-corrected chi connectivity index (χ3v) is 4.49. The molecule has 0 amide bonds. The molecule has 1 saturated carbocycles. The van der Waals surface area contributed by atoms with Crippen LogP contribution in [-0.2, 0) is 14.3 Å². The van der Waals surface area contributed by atoms with Crippen molar-refractivity contribution in [3.05, 3.63) is 53.8 Å². The molecule has 0 heterocycles. The summed E-state index contributed by atoms with van der Waals surface area (Å²) in [5, 5.41) is 12.5. The summed E-state index contributed by atoms with van der Waals surface area (Å²) >= 11 is 0. The maximum absolute atomic E-state index is 12.4. The topological polar surface area (TPSA) is 76.0 Å². The summed E-state index contributed by atoms with van der Waals surface area (Å²) in [5.74, 6) is -0.635. The van der Waals surface area contributed by atoms with Gasteiger partial charge < -0.3 is 9.84 Å². The van der Waals surface area contributed by atoms with Crippen LogP contribution in [0.1, 0.15) is 32.1 Å². The fourth-order valence-corrected chi connectivity index (χ4v) is 3.17. The Bertz CT molecular complexity index is 906. The summed E-state index contributed by atoms with van der Waals surface area (Å²) in [6.45, 7) is 0. The van der Waals surface area contributed by atoms with Gasteiger partial charge >= 0.3 is 5.97 Å². The van der Waals surface area contributed by atoms with Crippen LogP contribution in [0, 0.1) is 0 Å².